The van der Waals surface area contributed by atoms with Crippen molar-refractivity contribution in [3.63, 3.8) is 0 Å². The standard InChI is InChI=1S/C13H12ClN3OS/c1-7-5-9(14)6-8(2)11(7)18-13-10(12(15)19)3-4-16-17-13/h3-6H,1-2H3,(H2,15,19). The Balaban J connectivity index is 2.45. The highest BCUT2D eigenvalue weighted by Crippen LogP contribution is 2.31. The summed E-state index contributed by atoms with van der Waals surface area (Å²) in [6, 6.07) is 5.31. The van der Waals surface area contributed by atoms with E-state index in [2.05, 4.69) is 10.2 Å². The Bertz CT molecular complexity index is 623. The largest absolute Gasteiger partial charge is 0.436 e. The summed E-state index contributed by atoms with van der Waals surface area (Å²) < 4.78 is 5.79. The predicted molar refractivity (Wildman–Crippen MR) is 78.9 cm³/mol. The Labute approximate surface area is 121 Å². The van der Waals surface area contributed by atoms with Crippen LogP contribution < -0.4 is 10.5 Å². The van der Waals surface area contributed by atoms with E-state index in [0.717, 1.165) is 11.1 Å². The van der Waals surface area contributed by atoms with Crippen molar-refractivity contribution in [3.05, 3.63) is 46.1 Å². The Morgan fingerprint density at radius 1 is 1.32 bits per heavy atom. The Kier molecular flexibility index (Phi) is 3.97. The molecule has 1 aromatic carbocycles. The molecule has 0 radical (unpaired) electrons. The summed E-state index contributed by atoms with van der Waals surface area (Å²) in [5.41, 5.74) is 8.00. The number of aryl methyl sites for hydroxylation is 2. The normalized spacial score (nSPS) is 10.3. The summed E-state index contributed by atoms with van der Waals surface area (Å²) in [7, 11) is 0. The van der Waals surface area contributed by atoms with Crippen molar-refractivity contribution in [1.82, 2.24) is 10.2 Å². The number of thiocarbonyl (C=S) groups is 1. The van der Waals surface area contributed by atoms with Crippen molar-refractivity contribution < 1.29 is 4.74 Å². The van der Waals surface area contributed by atoms with E-state index in [0.29, 0.717) is 22.2 Å². The van der Waals surface area contributed by atoms with E-state index >= 15 is 0 Å². The van der Waals surface area contributed by atoms with Crippen LogP contribution in [0.4, 0.5) is 0 Å². The quantitative estimate of drug-likeness (QED) is 0.881. The van der Waals surface area contributed by atoms with E-state index in [4.69, 9.17) is 34.3 Å². The molecule has 6 heteroatoms. The molecule has 98 valence electrons. The van der Waals surface area contributed by atoms with Crippen LogP contribution in [0.2, 0.25) is 5.02 Å². The number of hydrogen-bond acceptors (Lipinski definition) is 4. The molecular weight excluding hydrogens is 282 g/mol. The van der Waals surface area contributed by atoms with E-state index in [9.17, 15) is 0 Å². The summed E-state index contributed by atoms with van der Waals surface area (Å²) in [4.78, 5) is 0.217. The van der Waals surface area contributed by atoms with Gasteiger partial charge >= 0.3 is 0 Å². The Morgan fingerprint density at radius 3 is 2.53 bits per heavy atom. The van der Waals surface area contributed by atoms with E-state index in [1.807, 2.05) is 26.0 Å². The van der Waals surface area contributed by atoms with Gasteiger partial charge in [-0.1, -0.05) is 23.8 Å². The average molecular weight is 294 g/mol. The van der Waals surface area contributed by atoms with Crippen LogP contribution in [0.5, 0.6) is 11.6 Å². The summed E-state index contributed by atoms with van der Waals surface area (Å²) in [6.07, 6.45) is 1.52. The van der Waals surface area contributed by atoms with Crippen molar-refractivity contribution in [3.8, 4) is 11.6 Å². The van der Waals surface area contributed by atoms with Crippen LogP contribution in [0.25, 0.3) is 0 Å². The molecule has 2 rings (SSSR count). The van der Waals surface area contributed by atoms with E-state index in [1.165, 1.54) is 6.20 Å². The van der Waals surface area contributed by atoms with Gasteiger partial charge in [0.15, 0.2) is 0 Å². The zero-order valence-corrected chi connectivity index (χ0v) is 12.0. The van der Waals surface area contributed by atoms with Gasteiger partial charge < -0.3 is 10.5 Å². The smallest absolute Gasteiger partial charge is 0.249 e. The first kappa shape index (κ1) is 13.7. The molecule has 0 aliphatic carbocycles. The van der Waals surface area contributed by atoms with Crippen LogP contribution in [0, 0.1) is 13.8 Å². The zero-order chi connectivity index (χ0) is 14.0. The SMILES string of the molecule is Cc1cc(Cl)cc(C)c1Oc1nnccc1C(N)=S. The summed E-state index contributed by atoms with van der Waals surface area (Å²) >= 11 is 10.9. The molecule has 0 spiro atoms. The van der Waals surface area contributed by atoms with Crippen molar-refractivity contribution in [1.29, 1.82) is 0 Å². The molecule has 0 aliphatic rings. The molecule has 19 heavy (non-hydrogen) atoms. The van der Waals surface area contributed by atoms with Gasteiger partial charge in [-0.2, -0.15) is 5.10 Å². The number of ether oxygens (including phenoxy) is 1. The highest BCUT2D eigenvalue weighted by Gasteiger charge is 2.13. The monoisotopic (exact) mass is 293 g/mol. The number of aromatic nitrogens is 2. The molecule has 0 bridgehead atoms. The van der Waals surface area contributed by atoms with Gasteiger partial charge in [-0.05, 0) is 43.2 Å². The topological polar surface area (TPSA) is 61.0 Å². The fraction of sp³-hybridized carbons (Fsp3) is 0.154. The number of nitrogens with zero attached hydrogens (tertiary/aromatic N) is 2. The predicted octanol–water partition coefficient (Wildman–Crippen LogP) is 3.17. The van der Waals surface area contributed by atoms with Crippen LogP contribution in [-0.2, 0) is 0 Å². The molecule has 0 fully saturated rings. The van der Waals surface area contributed by atoms with Crippen LogP contribution in [0.1, 0.15) is 16.7 Å². The van der Waals surface area contributed by atoms with Gasteiger partial charge in [-0.15, -0.1) is 5.10 Å². The maximum atomic E-state index is 5.98. The maximum absolute atomic E-state index is 5.98. The van der Waals surface area contributed by atoms with Gasteiger partial charge in [-0.3, -0.25) is 0 Å². The minimum Gasteiger partial charge on any atom is -0.436 e. The third kappa shape index (κ3) is 3.00. The van der Waals surface area contributed by atoms with Crippen molar-refractivity contribution in [2.45, 2.75) is 13.8 Å². The lowest BCUT2D eigenvalue weighted by Gasteiger charge is -2.13. The minimum absolute atomic E-state index is 0.217. The number of hydrogen-bond donors (Lipinski definition) is 1. The molecular formula is C13H12ClN3OS. The third-order valence-electron chi connectivity index (χ3n) is 2.58. The van der Waals surface area contributed by atoms with Crippen LogP contribution in [0.15, 0.2) is 24.4 Å². The van der Waals surface area contributed by atoms with Gasteiger partial charge in [0, 0.05) is 5.02 Å². The van der Waals surface area contributed by atoms with Gasteiger partial charge in [0.1, 0.15) is 10.7 Å². The molecule has 0 atom stereocenters. The molecule has 1 heterocycles. The lowest BCUT2D eigenvalue weighted by atomic mass is 10.1. The van der Waals surface area contributed by atoms with Gasteiger partial charge in [-0.25, -0.2) is 0 Å². The highest BCUT2D eigenvalue weighted by atomic mass is 35.5. The van der Waals surface area contributed by atoms with E-state index < -0.39 is 0 Å². The Morgan fingerprint density at radius 2 is 1.95 bits per heavy atom. The van der Waals surface area contributed by atoms with Crippen LogP contribution >= 0.6 is 23.8 Å². The summed E-state index contributed by atoms with van der Waals surface area (Å²) in [6.45, 7) is 3.82. The summed E-state index contributed by atoms with van der Waals surface area (Å²) in [5.74, 6) is 0.978. The van der Waals surface area contributed by atoms with Crippen molar-refractivity contribution in [2.75, 3.05) is 0 Å². The molecule has 2 N–H and O–H groups in total. The molecule has 0 amide bonds. The van der Waals surface area contributed by atoms with Gasteiger partial charge in [0.2, 0.25) is 5.88 Å². The molecule has 0 saturated heterocycles. The molecule has 4 nitrogen and oxygen atoms in total. The molecule has 2 aromatic rings. The number of nitrogens with two attached hydrogens (primary N) is 1. The fourth-order valence-corrected chi connectivity index (χ4v) is 2.22. The molecule has 0 aliphatic heterocycles. The second-order valence-electron chi connectivity index (χ2n) is 4.09. The first-order valence-electron chi connectivity index (χ1n) is 5.55. The lowest BCUT2D eigenvalue weighted by Crippen LogP contribution is -2.12. The summed E-state index contributed by atoms with van der Waals surface area (Å²) in [5, 5.41) is 8.37. The maximum Gasteiger partial charge on any atom is 0.249 e. The van der Waals surface area contributed by atoms with E-state index in [-0.39, 0.29) is 4.99 Å². The number of benzene rings is 1. The Hall–Kier alpha value is -1.72. The van der Waals surface area contributed by atoms with Gasteiger partial charge in [0.05, 0.1) is 11.8 Å². The van der Waals surface area contributed by atoms with Crippen molar-refractivity contribution >= 4 is 28.8 Å². The second kappa shape index (κ2) is 5.50. The highest BCUT2D eigenvalue weighted by molar-refractivity contribution is 7.80. The second-order valence-corrected chi connectivity index (χ2v) is 4.96. The molecule has 1 aromatic heterocycles. The minimum atomic E-state index is 0.217. The number of rotatable bonds is 3. The van der Waals surface area contributed by atoms with Crippen molar-refractivity contribution in [2.24, 2.45) is 5.73 Å². The van der Waals surface area contributed by atoms with Crippen LogP contribution in [0.3, 0.4) is 0 Å². The fourth-order valence-electron chi connectivity index (χ4n) is 1.74. The van der Waals surface area contributed by atoms with Gasteiger partial charge in [0.25, 0.3) is 0 Å². The first-order chi connectivity index (χ1) is 8.99. The third-order valence-corrected chi connectivity index (χ3v) is 3.01. The zero-order valence-electron chi connectivity index (χ0n) is 10.5. The average Bonchev–Trinajstić information content (AvgIpc) is 2.34. The van der Waals surface area contributed by atoms with E-state index in [1.54, 1.807) is 6.07 Å². The van der Waals surface area contributed by atoms with Crippen LogP contribution in [-0.4, -0.2) is 15.2 Å². The lowest BCUT2D eigenvalue weighted by molar-refractivity contribution is 0.447. The molecule has 0 unspecified atom stereocenters. The molecule has 0 saturated carbocycles. The first-order valence-corrected chi connectivity index (χ1v) is 6.33. The number of halogens is 1.